The van der Waals surface area contributed by atoms with Crippen LogP contribution in [0.5, 0.6) is 0 Å². The second-order valence-corrected chi connectivity index (χ2v) is 5.47. The molecule has 0 aliphatic rings. The maximum absolute atomic E-state index is 12.3. The minimum absolute atomic E-state index is 0.0808. The molecule has 1 atom stereocenters. The van der Waals surface area contributed by atoms with Crippen molar-refractivity contribution in [3.63, 3.8) is 0 Å². The number of nitrogens with zero attached hydrogens (tertiary/aromatic N) is 1. The Morgan fingerprint density at radius 3 is 2.38 bits per heavy atom. The van der Waals surface area contributed by atoms with Gasteiger partial charge < -0.3 is 9.88 Å². The number of carbonyl (C=O) groups is 1. The van der Waals surface area contributed by atoms with Gasteiger partial charge in [0.05, 0.1) is 6.04 Å². The van der Waals surface area contributed by atoms with Crippen LogP contribution in [0.1, 0.15) is 35.8 Å². The molecule has 0 saturated carbocycles. The Kier molecular flexibility index (Phi) is 4.58. The summed E-state index contributed by atoms with van der Waals surface area (Å²) in [5.74, 6) is 0.0261. The maximum atomic E-state index is 12.3. The molecule has 4 heteroatoms. The van der Waals surface area contributed by atoms with E-state index >= 15 is 0 Å². The summed E-state index contributed by atoms with van der Waals surface area (Å²) in [7, 11) is 1.66. The van der Waals surface area contributed by atoms with Gasteiger partial charge in [0.2, 0.25) is 0 Å². The third-order valence-electron chi connectivity index (χ3n) is 3.48. The summed E-state index contributed by atoms with van der Waals surface area (Å²) >= 11 is 0. The summed E-state index contributed by atoms with van der Waals surface area (Å²) in [6.45, 7) is 4.12. The number of hydrogen-bond acceptors (Lipinski definition) is 2. The zero-order valence-corrected chi connectivity index (χ0v) is 12.5. The van der Waals surface area contributed by atoms with E-state index < -0.39 is 0 Å². The fourth-order valence-corrected chi connectivity index (χ4v) is 2.21. The van der Waals surface area contributed by atoms with E-state index in [0.29, 0.717) is 5.56 Å². The Morgan fingerprint density at radius 1 is 1.14 bits per heavy atom. The smallest absolute Gasteiger partial charge is 0.252 e. The number of hydrogen-bond donors (Lipinski definition) is 1. The number of amides is 1. The number of rotatable bonds is 4. The zero-order valence-electron chi connectivity index (χ0n) is 12.5. The summed E-state index contributed by atoms with van der Waals surface area (Å²) in [6, 6.07) is 12.8. The van der Waals surface area contributed by atoms with Gasteiger partial charge >= 0.3 is 0 Å². The van der Waals surface area contributed by atoms with Crippen LogP contribution in [0.3, 0.4) is 0 Å². The van der Waals surface area contributed by atoms with Crippen molar-refractivity contribution in [3.05, 3.63) is 70.1 Å². The molecule has 0 spiro atoms. The summed E-state index contributed by atoms with van der Waals surface area (Å²) in [4.78, 5) is 24.0. The molecule has 1 amide bonds. The van der Waals surface area contributed by atoms with E-state index in [1.807, 2.05) is 30.3 Å². The van der Waals surface area contributed by atoms with Crippen molar-refractivity contribution in [2.24, 2.45) is 13.0 Å². The highest BCUT2D eigenvalue weighted by molar-refractivity contribution is 5.94. The lowest BCUT2D eigenvalue weighted by molar-refractivity contribution is 0.0925. The molecule has 1 aromatic carbocycles. The normalized spacial score (nSPS) is 12.2. The Bertz CT molecular complexity index is 675. The second kappa shape index (κ2) is 6.39. The summed E-state index contributed by atoms with van der Waals surface area (Å²) in [5, 5.41) is 3.01. The third kappa shape index (κ3) is 3.60. The Hall–Kier alpha value is -2.36. The van der Waals surface area contributed by atoms with Crippen LogP contribution >= 0.6 is 0 Å². The van der Waals surface area contributed by atoms with Gasteiger partial charge in [-0.1, -0.05) is 44.2 Å². The highest BCUT2D eigenvalue weighted by Gasteiger charge is 2.19. The zero-order chi connectivity index (χ0) is 15.4. The summed E-state index contributed by atoms with van der Waals surface area (Å²) in [6.07, 6.45) is 1.60. The maximum Gasteiger partial charge on any atom is 0.252 e. The Labute approximate surface area is 124 Å². The molecule has 4 nitrogen and oxygen atoms in total. The van der Waals surface area contributed by atoms with Gasteiger partial charge in [0, 0.05) is 24.9 Å². The summed E-state index contributed by atoms with van der Waals surface area (Å²) < 4.78 is 1.44. The summed E-state index contributed by atoms with van der Waals surface area (Å²) in [5.41, 5.74) is 1.26. The molecule has 0 fully saturated rings. The Balaban J connectivity index is 2.23. The van der Waals surface area contributed by atoms with Crippen LogP contribution in [0.25, 0.3) is 0 Å². The van der Waals surface area contributed by atoms with Crippen LogP contribution in [0.15, 0.2) is 53.5 Å². The molecule has 0 bridgehead atoms. The average molecular weight is 284 g/mol. The van der Waals surface area contributed by atoms with Gasteiger partial charge in [-0.05, 0) is 17.5 Å². The fourth-order valence-electron chi connectivity index (χ4n) is 2.21. The van der Waals surface area contributed by atoms with E-state index in [1.54, 1.807) is 19.3 Å². The molecule has 21 heavy (non-hydrogen) atoms. The SMILES string of the molecule is CC(C)C(NC(=O)c1ccn(C)c(=O)c1)c1ccccc1. The molecule has 0 radical (unpaired) electrons. The molecular weight excluding hydrogens is 264 g/mol. The molecule has 0 aliphatic heterocycles. The van der Waals surface area contributed by atoms with Crippen molar-refractivity contribution in [1.82, 2.24) is 9.88 Å². The predicted molar refractivity (Wildman–Crippen MR) is 83.2 cm³/mol. The lowest BCUT2D eigenvalue weighted by atomic mass is 9.96. The van der Waals surface area contributed by atoms with Crippen molar-refractivity contribution in [2.75, 3.05) is 0 Å². The van der Waals surface area contributed by atoms with Crippen molar-refractivity contribution in [3.8, 4) is 0 Å². The Morgan fingerprint density at radius 2 is 1.81 bits per heavy atom. The lowest BCUT2D eigenvalue weighted by Gasteiger charge is -2.23. The van der Waals surface area contributed by atoms with Crippen LogP contribution in [0.4, 0.5) is 0 Å². The van der Waals surface area contributed by atoms with Crippen molar-refractivity contribution in [1.29, 1.82) is 0 Å². The highest BCUT2D eigenvalue weighted by atomic mass is 16.2. The quantitative estimate of drug-likeness (QED) is 0.938. The van der Waals surface area contributed by atoms with E-state index in [9.17, 15) is 9.59 Å². The van der Waals surface area contributed by atoms with E-state index in [0.717, 1.165) is 5.56 Å². The van der Waals surface area contributed by atoms with Crippen LogP contribution in [-0.2, 0) is 7.05 Å². The third-order valence-corrected chi connectivity index (χ3v) is 3.48. The molecule has 1 N–H and O–H groups in total. The van der Waals surface area contributed by atoms with Gasteiger partial charge in [0.25, 0.3) is 11.5 Å². The van der Waals surface area contributed by atoms with Gasteiger partial charge in [-0.15, -0.1) is 0 Å². The second-order valence-electron chi connectivity index (χ2n) is 5.47. The van der Waals surface area contributed by atoms with E-state index in [4.69, 9.17) is 0 Å². The van der Waals surface area contributed by atoms with Gasteiger partial charge in [-0.3, -0.25) is 9.59 Å². The van der Waals surface area contributed by atoms with E-state index in [1.165, 1.54) is 10.6 Å². The van der Waals surface area contributed by atoms with E-state index in [2.05, 4.69) is 19.2 Å². The molecule has 0 aliphatic carbocycles. The van der Waals surface area contributed by atoms with E-state index in [-0.39, 0.29) is 23.4 Å². The van der Waals surface area contributed by atoms with Gasteiger partial charge in [0.1, 0.15) is 0 Å². The van der Waals surface area contributed by atoms with Crippen molar-refractivity contribution < 1.29 is 4.79 Å². The molecule has 1 heterocycles. The first kappa shape index (κ1) is 15.0. The monoisotopic (exact) mass is 284 g/mol. The minimum atomic E-state index is -0.227. The largest absolute Gasteiger partial charge is 0.345 e. The predicted octanol–water partition coefficient (Wildman–Crippen LogP) is 2.51. The van der Waals surface area contributed by atoms with Crippen molar-refractivity contribution >= 4 is 5.91 Å². The molecule has 1 unspecified atom stereocenters. The topological polar surface area (TPSA) is 51.1 Å². The van der Waals surface area contributed by atoms with Gasteiger partial charge in [0.15, 0.2) is 0 Å². The highest BCUT2D eigenvalue weighted by Crippen LogP contribution is 2.21. The van der Waals surface area contributed by atoms with Crippen LogP contribution in [-0.4, -0.2) is 10.5 Å². The first-order valence-electron chi connectivity index (χ1n) is 7.01. The van der Waals surface area contributed by atoms with Crippen LogP contribution in [0.2, 0.25) is 0 Å². The fraction of sp³-hybridized carbons (Fsp3) is 0.294. The van der Waals surface area contributed by atoms with Crippen LogP contribution < -0.4 is 10.9 Å². The van der Waals surface area contributed by atoms with Gasteiger partial charge in [-0.2, -0.15) is 0 Å². The van der Waals surface area contributed by atoms with Crippen molar-refractivity contribution in [2.45, 2.75) is 19.9 Å². The molecule has 2 rings (SSSR count). The molecule has 0 saturated heterocycles. The van der Waals surface area contributed by atoms with Gasteiger partial charge in [-0.25, -0.2) is 0 Å². The molecule has 1 aromatic heterocycles. The molecular formula is C17H20N2O2. The number of carbonyl (C=O) groups excluding carboxylic acids is 1. The number of nitrogens with one attached hydrogen (secondary N) is 1. The molecule has 2 aromatic rings. The average Bonchev–Trinajstić information content (AvgIpc) is 2.48. The standard InChI is InChI=1S/C17H20N2O2/c1-12(2)16(13-7-5-4-6-8-13)18-17(21)14-9-10-19(3)15(20)11-14/h4-12,16H,1-3H3,(H,18,21). The first-order chi connectivity index (χ1) is 9.99. The number of aryl methyl sites for hydroxylation is 1. The minimum Gasteiger partial charge on any atom is -0.345 e. The van der Waals surface area contributed by atoms with Crippen LogP contribution in [0, 0.1) is 5.92 Å². The number of pyridine rings is 1. The lowest BCUT2D eigenvalue weighted by Crippen LogP contribution is -2.32. The first-order valence-corrected chi connectivity index (χ1v) is 7.01. The number of aromatic nitrogens is 1. The molecule has 110 valence electrons. The number of benzene rings is 1.